The Kier molecular flexibility index (Phi) is 4.98. The SMILES string of the molecule is c1cc(-c2cc(CC3CCCC3)ccn2)c2oc3nc(CC4CCCC4)ccc3c2c1. The van der Waals surface area contributed by atoms with Gasteiger partial charge in [-0.3, -0.25) is 4.98 Å². The summed E-state index contributed by atoms with van der Waals surface area (Å²) in [5, 5.41) is 2.24. The molecule has 31 heavy (non-hydrogen) atoms. The number of benzene rings is 1. The molecule has 0 amide bonds. The number of fused-ring (bicyclic) bond motifs is 3. The molecule has 0 N–H and O–H groups in total. The molecule has 1 aromatic carbocycles. The predicted octanol–water partition coefficient (Wildman–Crippen LogP) is 7.51. The van der Waals surface area contributed by atoms with Gasteiger partial charge < -0.3 is 4.42 Å². The predicted molar refractivity (Wildman–Crippen MR) is 126 cm³/mol. The number of furan rings is 1. The standard InChI is InChI=1S/C28H30N2O/c1-2-7-19(6-1)16-21-14-15-29-26(18-21)25-11-5-10-23-24-13-12-22(17-20-8-3-4-9-20)30-28(24)31-27(23)25/h5,10-15,18-20H,1-4,6-9,16-17H2. The summed E-state index contributed by atoms with van der Waals surface area (Å²) in [6.07, 6.45) is 15.1. The van der Waals surface area contributed by atoms with Crippen LogP contribution >= 0.6 is 0 Å². The third-order valence-electron chi connectivity index (χ3n) is 7.49. The highest BCUT2D eigenvalue weighted by atomic mass is 16.3. The summed E-state index contributed by atoms with van der Waals surface area (Å²) in [5.74, 6) is 1.62. The van der Waals surface area contributed by atoms with Gasteiger partial charge >= 0.3 is 0 Å². The first-order valence-electron chi connectivity index (χ1n) is 12.1. The molecule has 0 atom stereocenters. The summed E-state index contributed by atoms with van der Waals surface area (Å²) in [4.78, 5) is 9.62. The Morgan fingerprint density at radius 3 is 2.39 bits per heavy atom. The number of para-hydroxylation sites is 1. The van der Waals surface area contributed by atoms with Crippen LogP contribution in [0.25, 0.3) is 33.3 Å². The van der Waals surface area contributed by atoms with Gasteiger partial charge in [-0.15, -0.1) is 0 Å². The van der Waals surface area contributed by atoms with E-state index in [1.54, 1.807) is 0 Å². The molecule has 3 aromatic heterocycles. The van der Waals surface area contributed by atoms with Crippen molar-refractivity contribution < 1.29 is 4.42 Å². The van der Waals surface area contributed by atoms with E-state index < -0.39 is 0 Å². The van der Waals surface area contributed by atoms with Crippen molar-refractivity contribution in [2.75, 3.05) is 0 Å². The van der Waals surface area contributed by atoms with Crippen LogP contribution in [0.2, 0.25) is 0 Å². The zero-order valence-electron chi connectivity index (χ0n) is 18.1. The van der Waals surface area contributed by atoms with E-state index in [0.717, 1.165) is 63.7 Å². The Hall–Kier alpha value is -2.68. The number of rotatable bonds is 5. The highest BCUT2D eigenvalue weighted by molar-refractivity contribution is 6.08. The van der Waals surface area contributed by atoms with Gasteiger partial charge in [0.15, 0.2) is 0 Å². The van der Waals surface area contributed by atoms with Crippen molar-refractivity contribution >= 4 is 22.1 Å². The van der Waals surface area contributed by atoms with Crippen LogP contribution in [-0.4, -0.2) is 9.97 Å². The monoisotopic (exact) mass is 410 g/mol. The lowest BCUT2D eigenvalue weighted by atomic mass is 9.97. The molecular weight excluding hydrogens is 380 g/mol. The molecule has 2 saturated carbocycles. The van der Waals surface area contributed by atoms with Crippen LogP contribution in [0.4, 0.5) is 0 Å². The molecule has 4 aromatic rings. The molecule has 0 spiro atoms. The zero-order chi connectivity index (χ0) is 20.6. The fraction of sp³-hybridized carbons (Fsp3) is 0.429. The van der Waals surface area contributed by atoms with Crippen molar-refractivity contribution in [3.05, 3.63) is 59.9 Å². The van der Waals surface area contributed by atoms with Crippen LogP contribution in [0.5, 0.6) is 0 Å². The highest BCUT2D eigenvalue weighted by Crippen LogP contribution is 2.36. The van der Waals surface area contributed by atoms with E-state index in [1.165, 1.54) is 56.9 Å². The van der Waals surface area contributed by atoms with E-state index in [0.29, 0.717) is 0 Å². The first kappa shape index (κ1) is 19.0. The van der Waals surface area contributed by atoms with Gasteiger partial charge in [-0.25, -0.2) is 4.98 Å². The summed E-state index contributed by atoms with van der Waals surface area (Å²) in [5.41, 5.74) is 6.31. The fourth-order valence-corrected chi connectivity index (χ4v) is 5.84. The van der Waals surface area contributed by atoms with E-state index in [4.69, 9.17) is 14.4 Å². The summed E-state index contributed by atoms with van der Waals surface area (Å²) >= 11 is 0. The second-order valence-corrected chi connectivity index (χ2v) is 9.70. The third kappa shape index (κ3) is 3.75. The van der Waals surface area contributed by atoms with Gasteiger partial charge in [0.2, 0.25) is 5.71 Å². The van der Waals surface area contributed by atoms with Crippen LogP contribution in [0, 0.1) is 11.8 Å². The van der Waals surface area contributed by atoms with E-state index in [2.05, 4.69) is 42.5 Å². The van der Waals surface area contributed by atoms with Crippen molar-refractivity contribution in [1.82, 2.24) is 9.97 Å². The number of aromatic nitrogens is 2. The largest absolute Gasteiger partial charge is 0.437 e. The van der Waals surface area contributed by atoms with E-state index in [-0.39, 0.29) is 0 Å². The second-order valence-electron chi connectivity index (χ2n) is 9.70. The van der Waals surface area contributed by atoms with Crippen molar-refractivity contribution in [2.45, 2.75) is 64.2 Å². The maximum absolute atomic E-state index is 6.37. The first-order valence-corrected chi connectivity index (χ1v) is 12.1. The molecule has 0 aliphatic heterocycles. The van der Waals surface area contributed by atoms with Gasteiger partial charge in [0.1, 0.15) is 5.58 Å². The van der Waals surface area contributed by atoms with Crippen molar-refractivity contribution in [2.24, 2.45) is 11.8 Å². The minimum absolute atomic E-state index is 0.764. The average Bonchev–Trinajstić information content (AvgIpc) is 3.55. The Balaban J connectivity index is 1.36. The molecule has 0 saturated heterocycles. The zero-order valence-corrected chi connectivity index (χ0v) is 18.1. The van der Waals surface area contributed by atoms with Crippen molar-refractivity contribution in [1.29, 1.82) is 0 Å². The van der Waals surface area contributed by atoms with Crippen LogP contribution in [0.3, 0.4) is 0 Å². The Labute approximate surface area is 183 Å². The first-order chi connectivity index (χ1) is 15.3. The number of hydrogen-bond donors (Lipinski definition) is 0. The van der Waals surface area contributed by atoms with Gasteiger partial charge in [-0.2, -0.15) is 0 Å². The lowest BCUT2D eigenvalue weighted by molar-refractivity contribution is 0.537. The van der Waals surface area contributed by atoms with Gasteiger partial charge in [-0.05, 0) is 60.6 Å². The molecule has 0 unspecified atom stereocenters. The summed E-state index contributed by atoms with van der Waals surface area (Å²) in [7, 11) is 0. The smallest absolute Gasteiger partial charge is 0.227 e. The van der Waals surface area contributed by atoms with E-state index >= 15 is 0 Å². The molecule has 6 rings (SSSR count). The number of hydrogen-bond acceptors (Lipinski definition) is 3. The number of nitrogens with zero attached hydrogens (tertiary/aromatic N) is 2. The minimum Gasteiger partial charge on any atom is -0.437 e. The molecule has 2 aliphatic carbocycles. The second kappa shape index (κ2) is 8.11. The van der Waals surface area contributed by atoms with Crippen LogP contribution in [-0.2, 0) is 12.8 Å². The van der Waals surface area contributed by atoms with Gasteiger partial charge in [0.05, 0.1) is 5.69 Å². The lowest BCUT2D eigenvalue weighted by Gasteiger charge is -2.10. The van der Waals surface area contributed by atoms with Gasteiger partial charge in [0.25, 0.3) is 0 Å². The van der Waals surface area contributed by atoms with Crippen LogP contribution in [0.15, 0.2) is 53.1 Å². The molecule has 158 valence electrons. The van der Waals surface area contributed by atoms with E-state index in [1.807, 2.05) is 6.20 Å². The topological polar surface area (TPSA) is 38.9 Å². The average molecular weight is 411 g/mol. The summed E-state index contributed by atoms with van der Waals surface area (Å²) < 4.78 is 6.37. The minimum atomic E-state index is 0.764. The third-order valence-corrected chi connectivity index (χ3v) is 7.49. The van der Waals surface area contributed by atoms with Crippen molar-refractivity contribution in [3.8, 4) is 11.3 Å². The molecular formula is C28H30N2O. The molecule has 0 radical (unpaired) electrons. The fourth-order valence-electron chi connectivity index (χ4n) is 5.84. The molecule has 2 aliphatic rings. The molecule has 2 fully saturated rings. The summed E-state index contributed by atoms with van der Waals surface area (Å²) in [6.45, 7) is 0. The maximum Gasteiger partial charge on any atom is 0.227 e. The Bertz CT molecular complexity index is 1210. The van der Waals surface area contributed by atoms with Crippen LogP contribution < -0.4 is 0 Å². The number of pyridine rings is 2. The molecule has 3 heteroatoms. The molecule has 3 heterocycles. The van der Waals surface area contributed by atoms with Crippen molar-refractivity contribution in [3.63, 3.8) is 0 Å². The Morgan fingerprint density at radius 1 is 0.806 bits per heavy atom. The summed E-state index contributed by atoms with van der Waals surface area (Å²) in [6, 6.07) is 15.2. The quantitative estimate of drug-likeness (QED) is 0.342. The lowest BCUT2D eigenvalue weighted by Crippen LogP contribution is -2.00. The van der Waals surface area contributed by atoms with Gasteiger partial charge in [-0.1, -0.05) is 63.5 Å². The Morgan fingerprint density at radius 2 is 1.58 bits per heavy atom. The van der Waals surface area contributed by atoms with E-state index in [9.17, 15) is 0 Å². The normalized spacial score (nSPS) is 17.9. The van der Waals surface area contributed by atoms with Gasteiger partial charge in [0, 0.05) is 28.2 Å². The maximum atomic E-state index is 6.37. The highest BCUT2D eigenvalue weighted by Gasteiger charge is 2.19. The molecule has 0 bridgehead atoms. The van der Waals surface area contributed by atoms with Crippen LogP contribution in [0.1, 0.15) is 62.6 Å². The molecule has 3 nitrogen and oxygen atoms in total.